The summed E-state index contributed by atoms with van der Waals surface area (Å²) in [5.74, 6) is 0.747. The van der Waals surface area contributed by atoms with Crippen LogP contribution in [-0.4, -0.2) is 42.6 Å². The van der Waals surface area contributed by atoms with E-state index in [1.54, 1.807) is 4.57 Å². The van der Waals surface area contributed by atoms with Crippen molar-refractivity contribution in [2.45, 2.75) is 41.7 Å². The van der Waals surface area contributed by atoms with E-state index in [9.17, 15) is 5.11 Å². The Morgan fingerprint density at radius 2 is 1.95 bits per heavy atom. The molecule has 1 aromatic carbocycles. The van der Waals surface area contributed by atoms with Crippen LogP contribution in [0.25, 0.3) is 11.3 Å². The number of nitrogens with zero attached hydrogens (tertiary/aromatic N) is 2. The standard InChI is InChI=1S/C17H21N2O.Na/c1-12-16(19(2)17(20)18-12)15-10-8-14(9-11-15)13-6-4-3-5-7-13;/h4,8-11,13H,3,5-7H2,1-2H3,(H,18,20);. The molecule has 0 radical (unpaired) electrons. The van der Waals surface area contributed by atoms with Gasteiger partial charge < -0.3 is 0 Å². The third-order valence-electron chi connectivity index (χ3n) is 4.84. The molecule has 3 rings (SSSR count). The predicted molar refractivity (Wildman–Crippen MR) is 85.8 cm³/mol. The van der Waals surface area contributed by atoms with Crippen molar-refractivity contribution in [3.63, 3.8) is 0 Å². The van der Waals surface area contributed by atoms with Crippen LogP contribution in [0.15, 0.2) is 24.3 Å². The molecule has 2 aromatic rings. The van der Waals surface area contributed by atoms with Gasteiger partial charge in [-0.15, -0.1) is 0 Å². The summed E-state index contributed by atoms with van der Waals surface area (Å²) in [6.45, 7) is 1.94. The van der Waals surface area contributed by atoms with Crippen LogP contribution in [0.1, 0.15) is 42.9 Å². The number of hydrogen-bond acceptors (Lipinski definition) is 2. The molecule has 1 aliphatic rings. The molecule has 2 unspecified atom stereocenters. The Balaban J connectivity index is 1.87. The van der Waals surface area contributed by atoms with Gasteiger partial charge in [0.05, 0.1) is 0 Å². The summed E-state index contributed by atoms with van der Waals surface area (Å²) in [6.07, 6.45) is 5.53. The molecule has 1 aliphatic carbocycles. The summed E-state index contributed by atoms with van der Waals surface area (Å²) in [4.78, 5) is 4.13. The van der Waals surface area contributed by atoms with Crippen molar-refractivity contribution in [3.8, 4) is 17.3 Å². The first-order valence-electron chi connectivity index (χ1n) is 7.89. The normalized spacial score (nSPS) is 22.5. The van der Waals surface area contributed by atoms with Crippen LogP contribution in [0, 0.1) is 6.92 Å². The number of hydrogen-bond donors (Lipinski definition) is 1. The van der Waals surface area contributed by atoms with Crippen molar-refractivity contribution in [1.82, 2.24) is 9.55 Å². The molecule has 1 fully saturated rings. The molecule has 0 aliphatic heterocycles. The van der Waals surface area contributed by atoms with Gasteiger partial charge in [-0.05, 0) is 0 Å². The summed E-state index contributed by atoms with van der Waals surface area (Å²) in [6, 6.07) is 8.97. The quantitative estimate of drug-likeness (QED) is 0.857. The third-order valence-corrected chi connectivity index (χ3v) is 5.89. The summed E-state index contributed by atoms with van der Waals surface area (Å²) in [5, 5.41) is 9.73. The first-order valence-corrected chi connectivity index (χ1v) is 9.04. The first kappa shape index (κ1) is 15.1. The van der Waals surface area contributed by atoms with E-state index in [0.717, 1.165) is 26.0 Å². The fraction of sp³-hybridized carbons (Fsp3) is 0.471. The third kappa shape index (κ3) is 3.05. The summed E-state index contributed by atoms with van der Waals surface area (Å²) in [7, 11) is 1.85. The SMILES string of the molecule is Cc1nc(O)n(C)c1-c1ccc(C2CCC[CH]([Na])C2)cc1. The van der Waals surface area contributed by atoms with Gasteiger partial charge in [-0.1, -0.05) is 0 Å². The van der Waals surface area contributed by atoms with Crippen molar-refractivity contribution < 1.29 is 5.11 Å². The molecular weight excluding hydrogens is 271 g/mol. The Bertz CT molecular complexity index is 633. The molecule has 1 aromatic heterocycles. The molecule has 0 saturated heterocycles. The predicted octanol–water partition coefficient (Wildman–Crippen LogP) is 3.72. The first-order chi connectivity index (χ1) is 10.1. The maximum absolute atomic E-state index is 9.73. The molecule has 0 amide bonds. The molecule has 106 valence electrons. The van der Waals surface area contributed by atoms with E-state index in [1.165, 1.54) is 59.2 Å². The number of imidazole rings is 1. The van der Waals surface area contributed by atoms with Gasteiger partial charge >= 0.3 is 144 Å². The van der Waals surface area contributed by atoms with Gasteiger partial charge in [-0.25, -0.2) is 0 Å². The zero-order chi connectivity index (χ0) is 15.0. The van der Waals surface area contributed by atoms with Gasteiger partial charge in [0.1, 0.15) is 0 Å². The molecule has 0 spiro atoms. The number of benzene rings is 1. The fourth-order valence-corrected chi connectivity index (χ4v) is 4.65. The zero-order valence-electron chi connectivity index (χ0n) is 13.1. The summed E-state index contributed by atoms with van der Waals surface area (Å²) in [5.41, 5.74) is 4.48. The molecule has 0 bridgehead atoms. The minimum atomic E-state index is 0.0811. The van der Waals surface area contributed by atoms with Crippen molar-refractivity contribution in [1.29, 1.82) is 0 Å². The molecule has 1 saturated carbocycles. The number of aromatic hydroxyl groups is 1. The van der Waals surface area contributed by atoms with E-state index < -0.39 is 0 Å². The average Bonchev–Trinajstić information content (AvgIpc) is 2.72. The van der Waals surface area contributed by atoms with Gasteiger partial charge in [-0.2, -0.15) is 0 Å². The number of rotatable bonds is 2. The van der Waals surface area contributed by atoms with Gasteiger partial charge in [0, 0.05) is 0 Å². The Kier molecular flexibility index (Phi) is 4.43. The van der Waals surface area contributed by atoms with Crippen LogP contribution in [0.2, 0.25) is 3.17 Å². The van der Waals surface area contributed by atoms with Crippen LogP contribution in [0.4, 0.5) is 0 Å². The van der Waals surface area contributed by atoms with Crippen LogP contribution in [0.5, 0.6) is 6.01 Å². The van der Waals surface area contributed by atoms with E-state index in [0.29, 0.717) is 0 Å². The molecule has 4 heteroatoms. The number of aryl methyl sites for hydroxylation is 1. The van der Waals surface area contributed by atoms with Gasteiger partial charge in [0.2, 0.25) is 0 Å². The Labute approximate surface area is 143 Å². The zero-order valence-corrected chi connectivity index (χ0v) is 15.1. The van der Waals surface area contributed by atoms with Crippen molar-refractivity contribution in [2.24, 2.45) is 7.05 Å². The van der Waals surface area contributed by atoms with E-state index in [4.69, 9.17) is 0 Å². The second-order valence-electron chi connectivity index (χ2n) is 6.50. The monoisotopic (exact) mass is 292 g/mol. The molecule has 1 N–H and O–H groups in total. The minimum absolute atomic E-state index is 0.0811. The Morgan fingerprint density at radius 3 is 2.52 bits per heavy atom. The van der Waals surface area contributed by atoms with Crippen LogP contribution in [0.3, 0.4) is 0 Å². The fourth-order valence-electron chi connectivity index (χ4n) is 3.67. The van der Waals surface area contributed by atoms with E-state index in [2.05, 4.69) is 29.2 Å². The molecule has 2 atom stereocenters. The van der Waals surface area contributed by atoms with Crippen LogP contribution in [-0.2, 0) is 7.05 Å². The van der Waals surface area contributed by atoms with E-state index in [-0.39, 0.29) is 6.01 Å². The topological polar surface area (TPSA) is 38.1 Å². The summed E-state index contributed by atoms with van der Waals surface area (Å²) < 4.78 is 2.73. The Hall–Kier alpha value is -0.770. The second kappa shape index (κ2) is 6.15. The summed E-state index contributed by atoms with van der Waals surface area (Å²) >= 11 is 1.33. The van der Waals surface area contributed by atoms with E-state index in [1.807, 2.05) is 14.0 Å². The van der Waals surface area contributed by atoms with Crippen molar-refractivity contribution in [3.05, 3.63) is 35.5 Å². The van der Waals surface area contributed by atoms with Crippen molar-refractivity contribution in [2.75, 3.05) is 0 Å². The molecule has 3 nitrogen and oxygen atoms in total. The van der Waals surface area contributed by atoms with Crippen LogP contribution >= 0.6 is 0 Å². The van der Waals surface area contributed by atoms with Gasteiger partial charge in [0.25, 0.3) is 0 Å². The van der Waals surface area contributed by atoms with E-state index >= 15 is 0 Å². The number of aromatic nitrogens is 2. The maximum atomic E-state index is 9.73. The Morgan fingerprint density at radius 1 is 1.24 bits per heavy atom. The molecule has 21 heavy (non-hydrogen) atoms. The van der Waals surface area contributed by atoms with Gasteiger partial charge in [0.15, 0.2) is 0 Å². The average molecular weight is 292 g/mol. The van der Waals surface area contributed by atoms with Gasteiger partial charge in [-0.3, -0.25) is 0 Å². The van der Waals surface area contributed by atoms with Crippen molar-refractivity contribution >= 4 is 27.9 Å². The molecule has 1 heterocycles. The van der Waals surface area contributed by atoms with Crippen LogP contribution < -0.4 is 0 Å². The second-order valence-corrected chi connectivity index (χ2v) is 8.13. The molecular formula is C17H21N2NaO.